The van der Waals surface area contributed by atoms with E-state index >= 15 is 0 Å². The van der Waals surface area contributed by atoms with Crippen LogP contribution in [0.25, 0.3) is 22.7 Å². The van der Waals surface area contributed by atoms with Crippen molar-refractivity contribution in [2.75, 3.05) is 25.5 Å². The second-order valence-corrected chi connectivity index (χ2v) is 8.23. The van der Waals surface area contributed by atoms with Crippen molar-refractivity contribution in [3.8, 4) is 22.7 Å². The van der Waals surface area contributed by atoms with Gasteiger partial charge >= 0.3 is 6.43 Å². The van der Waals surface area contributed by atoms with E-state index < -0.39 is 12.3 Å². The SMILES string of the molecule is CN1CC(C(=O)Nc2cccc(-c3cn(Cc4ccc(-c5nnc(C(F)F)o5)cc4)nn3)c2)C1. The molecule has 1 N–H and O–H groups in total. The first-order chi connectivity index (χ1) is 16.4. The second-order valence-electron chi connectivity index (χ2n) is 8.23. The highest BCUT2D eigenvalue weighted by Crippen LogP contribution is 2.25. The number of benzene rings is 2. The molecule has 4 aromatic rings. The summed E-state index contributed by atoms with van der Waals surface area (Å²) in [5, 5.41) is 18.4. The number of halogens is 2. The van der Waals surface area contributed by atoms with Crippen LogP contribution in [0.2, 0.25) is 0 Å². The Hall–Kier alpha value is -3.99. The van der Waals surface area contributed by atoms with Gasteiger partial charge in [0.1, 0.15) is 5.69 Å². The first kappa shape index (κ1) is 21.8. The molecule has 1 fully saturated rings. The minimum absolute atomic E-state index is 0.0205. The summed E-state index contributed by atoms with van der Waals surface area (Å²) in [6.07, 6.45) is -0.980. The van der Waals surface area contributed by atoms with Crippen molar-refractivity contribution in [2.24, 2.45) is 5.92 Å². The van der Waals surface area contributed by atoms with E-state index in [1.54, 1.807) is 16.8 Å². The molecule has 9 nitrogen and oxygen atoms in total. The number of likely N-dealkylation sites (tertiary alicyclic amines) is 1. The number of anilines is 1. The zero-order valence-corrected chi connectivity index (χ0v) is 18.2. The van der Waals surface area contributed by atoms with Gasteiger partial charge in [-0.3, -0.25) is 4.79 Å². The molecule has 1 saturated heterocycles. The Kier molecular flexibility index (Phi) is 5.84. The van der Waals surface area contributed by atoms with E-state index in [4.69, 9.17) is 4.42 Å². The third-order valence-electron chi connectivity index (χ3n) is 5.57. The number of hydrogen-bond donors (Lipinski definition) is 1. The maximum absolute atomic E-state index is 12.6. The van der Waals surface area contributed by atoms with Crippen LogP contribution in [0.1, 0.15) is 17.9 Å². The van der Waals surface area contributed by atoms with Gasteiger partial charge < -0.3 is 14.6 Å². The summed E-state index contributed by atoms with van der Waals surface area (Å²) in [4.78, 5) is 14.4. The monoisotopic (exact) mass is 465 g/mol. The summed E-state index contributed by atoms with van der Waals surface area (Å²) >= 11 is 0. The number of aromatic nitrogens is 5. The molecular weight excluding hydrogens is 444 g/mol. The number of nitrogens with one attached hydrogen (secondary N) is 1. The zero-order valence-electron chi connectivity index (χ0n) is 18.2. The van der Waals surface area contributed by atoms with Crippen molar-refractivity contribution in [3.05, 3.63) is 66.2 Å². The lowest BCUT2D eigenvalue weighted by molar-refractivity contribution is -0.124. The molecule has 5 rings (SSSR count). The summed E-state index contributed by atoms with van der Waals surface area (Å²) < 4.78 is 31.9. The molecule has 11 heteroatoms. The van der Waals surface area contributed by atoms with Crippen LogP contribution in [0.4, 0.5) is 14.5 Å². The van der Waals surface area contributed by atoms with Crippen LogP contribution in [-0.2, 0) is 11.3 Å². The standard InChI is InChI=1S/C23H21F2N7O2/c1-31-11-17(12-31)21(33)26-18-4-2-3-16(9-18)19-13-32(30-27-19)10-14-5-7-15(8-6-14)22-28-29-23(34-22)20(24)25/h2-9,13,17,20H,10-12H2,1H3,(H,26,33). The fourth-order valence-electron chi connectivity index (χ4n) is 3.75. The quantitative estimate of drug-likeness (QED) is 0.446. The van der Waals surface area contributed by atoms with Crippen LogP contribution in [0.5, 0.6) is 0 Å². The topological polar surface area (TPSA) is 102 Å². The van der Waals surface area contributed by atoms with Crippen molar-refractivity contribution >= 4 is 11.6 Å². The minimum Gasteiger partial charge on any atom is -0.415 e. The molecule has 0 spiro atoms. The highest BCUT2D eigenvalue weighted by molar-refractivity contribution is 5.94. The van der Waals surface area contributed by atoms with Gasteiger partial charge in [0.15, 0.2) is 0 Å². The van der Waals surface area contributed by atoms with Gasteiger partial charge in [-0.25, -0.2) is 4.68 Å². The molecule has 3 heterocycles. The largest absolute Gasteiger partial charge is 0.415 e. The van der Waals surface area contributed by atoms with E-state index in [9.17, 15) is 13.6 Å². The van der Waals surface area contributed by atoms with Crippen LogP contribution in [0.3, 0.4) is 0 Å². The van der Waals surface area contributed by atoms with Crippen molar-refractivity contribution in [1.29, 1.82) is 0 Å². The van der Waals surface area contributed by atoms with Gasteiger partial charge in [0.2, 0.25) is 11.8 Å². The summed E-state index contributed by atoms with van der Waals surface area (Å²) in [7, 11) is 1.99. The third kappa shape index (κ3) is 4.69. The van der Waals surface area contributed by atoms with Gasteiger partial charge in [-0.15, -0.1) is 15.3 Å². The number of alkyl halides is 2. The van der Waals surface area contributed by atoms with E-state index in [0.717, 1.165) is 29.9 Å². The molecule has 0 atom stereocenters. The number of hydrogen-bond acceptors (Lipinski definition) is 7. The molecule has 2 aromatic heterocycles. The smallest absolute Gasteiger partial charge is 0.314 e. The Balaban J connectivity index is 1.24. The molecule has 1 amide bonds. The van der Waals surface area contributed by atoms with E-state index in [-0.39, 0.29) is 17.7 Å². The van der Waals surface area contributed by atoms with Crippen LogP contribution in [-0.4, -0.2) is 56.1 Å². The first-order valence-corrected chi connectivity index (χ1v) is 10.7. The highest BCUT2D eigenvalue weighted by Gasteiger charge is 2.29. The van der Waals surface area contributed by atoms with E-state index in [1.807, 2.05) is 49.6 Å². The first-order valence-electron chi connectivity index (χ1n) is 10.7. The van der Waals surface area contributed by atoms with E-state index in [2.05, 4.69) is 30.7 Å². The zero-order chi connectivity index (χ0) is 23.7. The Labute approximate surface area is 193 Å². The molecule has 0 saturated carbocycles. The minimum atomic E-state index is -2.80. The van der Waals surface area contributed by atoms with E-state index in [1.165, 1.54) is 0 Å². The van der Waals surface area contributed by atoms with Crippen LogP contribution < -0.4 is 5.32 Å². The van der Waals surface area contributed by atoms with Crippen LogP contribution >= 0.6 is 0 Å². The predicted octanol–water partition coefficient (Wildman–Crippen LogP) is 3.48. The lowest BCUT2D eigenvalue weighted by Gasteiger charge is -2.34. The summed E-state index contributed by atoms with van der Waals surface area (Å²) in [5.74, 6) is -0.616. The molecule has 0 radical (unpaired) electrons. The molecule has 1 aliphatic rings. The molecule has 0 bridgehead atoms. The number of carbonyl (C=O) groups is 1. The van der Waals surface area contributed by atoms with Gasteiger partial charge in [-0.05, 0) is 36.9 Å². The summed E-state index contributed by atoms with van der Waals surface area (Å²) in [6, 6.07) is 14.6. The highest BCUT2D eigenvalue weighted by atomic mass is 19.3. The van der Waals surface area contributed by atoms with Gasteiger partial charge in [0.25, 0.3) is 5.89 Å². The number of rotatable bonds is 7. The second kappa shape index (κ2) is 9.10. The third-order valence-corrected chi connectivity index (χ3v) is 5.57. The van der Waals surface area contributed by atoms with Crippen LogP contribution in [0, 0.1) is 5.92 Å². The number of amides is 1. The molecule has 1 aliphatic heterocycles. The Morgan fingerprint density at radius 3 is 2.62 bits per heavy atom. The summed E-state index contributed by atoms with van der Waals surface area (Å²) in [6.45, 7) is 2.00. The van der Waals surface area contributed by atoms with Crippen LogP contribution in [0.15, 0.2) is 59.1 Å². The van der Waals surface area contributed by atoms with E-state index in [0.29, 0.717) is 17.8 Å². The van der Waals surface area contributed by atoms with Gasteiger partial charge in [-0.2, -0.15) is 8.78 Å². The average Bonchev–Trinajstić information content (AvgIpc) is 3.48. The van der Waals surface area contributed by atoms with Crippen molar-refractivity contribution < 1.29 is 18.0 Å². The Bertz CT molecular complexity index is 1300. The van der Waals surface area contributed by atoms with Gasteiger partial charge in [0.05, 0.1) is 18.7 Å². The lowest BCUT2D eigenvalue weighted by Crippen LogP contribution is -2.49. The predicted molar refractivity (Wildman–Crippen MR) is 119 cm³/mol. The van der Waals surface area contributed by atoms with Gasteiger partial charge in [0, 0.05) is 29.9 Å². The average molecular weight is 465 g/mol. The van der Waals surface area contributed by atoms with Crippen molar-refractivity contribution in [2.45, 2.75) is 13.0 Å². The summed E-state index contributed by atoms with van der Waals surface area (Å²) in [5.41, 5.74) is 3.73. The molecule has 34 heavy (non-hydrogen) atoms. The maximum atomic E-state index is 12.6. The van der Waals surface area contributed by atoms with Crippen molar-refractivity contribution in [1.82, 2.24) is 30.1 Å². The Morgan fingerprint density at radius 1 is 1.12 bits per heavy atom. The molecule has 2 aromatic carbocycles. The molecular formula is C23H21F2N7O2. The maximum Gasteiger partial charge on any atom is 0.314 e. The fraction of sp³-hybridized carbons (Fsp3) is 0.261. The Morgan fingerprint density at radius 2 is 1.91 bits per heavy atom. The normalized spacial score (nSPS) is 14.4. The van der Waals surface area contributed by atoms with Crippen molar-refractivity contribution in [3.63, 3.8) is 0 Å². The lowest BCUT2D eigenvalue weighted by atomic mass is 10.00. The number of carbonyl (C=O) groups excluding carboxylic acids is 1. The van der Waals surface area contributed by atoms with Gasteiger partial charge in [-0.1, -0.05) is 29.5 Å². The fourth-order valence-corrected chi connectivity index (χ4v) is 3.75. The molecule has 0 unspecified atom stereocenters. The number of nitrogens with zero attached hydrogens (tertiary/aromatic N) is 6. The molecule has 0 aliphatic carbocycles. The molecule has 174 valence electrons.